The summed E-state index contributed by atoms with van der Waals surface area (Å²) < 4.78 is 36.2. The quantitative estimate of drug-likeness (QED) is 0.0708. The van der Waals surface area contributed by atoms with Gasteiger partial charge in [-0.25, -0.2) is 14.2 Å². The Labute approximate surface area is 509 Å². The van der Waals surface area contributed by atoms with E-state index in [4.69, 9.17) is 28.9 Å². The molecular weight excluding hydrogens is 1130 g/mol. The predicted molar refractivity (Wildman–Crippen MR) is 329 cm³/mol. The summed E-state index contributed by atoms with van der Waals surface area (Å²) in [6.07, 6.45) is 6.81. The molecule has 0 radical (unpaired) electrons. The molecule has 0 saturated carbocycles. The number of pyridine rings is 1. The largest absolute Gasteiger partial charge is 0.508 e. The third kappa shape index (κ3) is 11.2. The van der Waals surface area contributed by atoms with Crippen LogP contribution in [-0.4, -0.2) is 169 Å². The smallest absolute Gasteiger partial charge is 0.410 e. The van der Waals surface area contributed by atoms with Crippen molar-refractivity contribution in [2.24, 2.45) is 5.92 Å². The van der Waals surface area contributed by atoms with Gasteiger partial charge in [-0.2, -0.15) is 9.97 Å². The number of ether oxygens (including phenoxy) is 2. The number of phenols is 1. The topological polar surface area (TPSA) is 228 Å². The van der Waals surface area contributed by atoms with Gasteiger partial charge in [-0.15, -0.1) is 11.3 Å². The Balaban J connectivity index is 0.642. The van der Waals surface area contributed by atoms with Gasteiger partial charge >= 0.3 is 12.1 Å². The first-order chi connectivity index (χ1) is 42.0. The Morgan fingerprint density at radius 3 is 2.49 bits per heavy atom. The van der Waals surface area contributed by atoms with E-state index >= 15 is 4.39 Å². The molecule has 6 fully saturated rings. The van der Waals surface area contributed by atoms with Crippen molar-refractivity contribution in [2.75, 3.05) is 68.8 Å². The van der Waals surface area contributed by atoms with Crippen LogP contribution in [0.25, 0.3) is 43.4 Å². The molecule has 3 aromatic carbocycles. The first kappa shape index (κ1) is 58.5. The van der Waals surface area contributed by atoms with Crippen LogP contribution < -0.4 is 25.2 Å². The van der Waals surface area contributed by atoms with Crippen molar-refractivity contribution in [3.8, 4) is 33.5 Å². The van der Waals surface area contributed by atoms with Crippen LogP contribution in [0.5, 0.6) is 11.8 Å². The highest BCUT2D eigenvalue weighted by Gasteiger charge is 2.51. The van der Waals surface area contributed by atoms with Crippen LogP contribution >= 0.6 is 11.3 Å². The van der Waals surface area contributed by atoms with Gasteiger partial charge in [0.15, 0.2) is 17.4 Å². The molecule has 6 saturated heterocycles. The number of aryl methyl sites for hydroxylation is 2. The van der Waals surface area contributed by atoms with Crippen LogP contribution in [0.2, 0.25) is 0 Å². The van der Waals surface area contributed by atoms with Gasteiger partial charge in [0, 0.05) is 87.7 Å². The van der Waals surface area contributed by atoms with Crippen molar-refractivity contribution in [1.82, 2.24) is 50.4 Å². The molecule has 3 amide bonds. The number of nitrogens with zero attached hydrogens (tertiary/aromatic N) is 10. The second-order valence-electron chi connectivity index (χ2n) is 25.3. The van der Waals surface area contributed by atoms with Crippen molar-refractivity contribution in [2.45, 2.75) is 147 Å². The number of rotatable bonds is 16. The lowest BCUT2D eigenvalue weighted by Gasteiger charge is -2.39. The number of aromatic nitrogens is 5. The van der Waals surface area contributed by atoms with Crippen LogP contribution in [0.4, 0.5) is 20.8 Å². The minimum absolute atomic E-state index is 0.0215. The molecule has 4 N–H and O–H groups in total. The fourth-order valence-electron chi connectivity index (χ4n) is 14.8. The summed E-state index contributed by atoms with van der Waals surface area (Å²) in [5.74, 6) is -0.710. The number of benzene rings is 3. The number of aliphatic hydroxyl groups excluding tert-OH is 1. The van der Waals surface area contributed by atoms with Gasteiger partial charge in [-0.1, -0.05) is 68.4 Å². The normalized spacial score (nSPS) is 24.6. The van der Waals surface area contributed by atoms with Gasteiger partial charge in [-0.3, -0.25) is 19.5 Å². The molecule has 2 unspecified atom stereocenters. The van der Waals surface area contributed by atoms with Crippen molar-refractivity contribution in [3.63, 3.8) is 0 Å². The number of β-amino-alcohol motifs (C(OH)–C–C–N with tert-alkyl or cyclic N) is 1. The number of aromatic hydroxyl groups is 1. The van der Waals surface area contributed by atoms with E-state index in [1.54, 1.807) is 40.6 Å². The van der Waals surface area contributed by atoms with Crippen molar-refractivity contribution >= 4 is 62.6 Å². The Morgan fingerprint density at radius 1 is 0.943 bits per heavy atom. The molecule has 0 spiro atoms. The van der Waals surface area contributed by atoms with Crippen LogP contribution in [0.15, 0.2) is 76.9 Å². The first-order valence-corrected chi connectivity index (χ1v) is 31.9. The fraction of sp³-hybridized carbons (Fsp3) is 0.508. The van der Waals surface area contributed by atoms with Gasteiger partial charge in [0.25, 0.3) is 0 Å². The first-order valence-electron chi connectivity index (χ1n) is 31.0. The number of aliphatic hydroxyl groups is 1. The molecule has 6 aliphatic heterocycles. The number of hydrogen-bond acceptors (Lipinski definition) is 18. The molecule has 0 aliphatic carbocycles. The summed E-state index contributed by atoms with van der Waals surface area (Å²) >= 11 is 1.58. The lowest BCUT2D eigenvalue weighted by atomic mass is 9.91. The zero-order valence-corrected chi connectivity index (χ0v) is 51.1. The highest BCUT2D eigenvalue weighted by atomic mass is 32.1. The molecule has 458 valence electrons. The number of anilines is 2. The second kappa shape index (κ2) is 23.9. The highest BCUT2D eigenvalue weighted by Crippen LogP contribution is 2.44. The van der Waals surface area contributed by atoms with E-state index in [1.807, 2.05) is 87.5 Å². The maximum atomic E-state index is 17.4. The van der Waals surface area contributed by atoms with Crippen molar-refractivity contribution in [1.29, 1.82) is 0 Å². The van der Waals surface area contributed by atoms with Gasteiger partial charge in [0.1, 0.15) is 48.0 Å². The Bertz CT molecular complexity index is 3720. The number of carbonyl (C=O) groups excluding carboxylic acids is 3. The van der Waals surface area contributed by atoms with E-state index in [1.165, 1.54) is 4.90 Å². The molecule has 7 aromatic rings. The molecule has 9 atom stereocenters. The summed E-state index contributed by atoms with van der Waals surface area (Å²) in [7, 11) is 0. The average molecular weight is 1210 g/mol. The monoisotopic (exact) mass is 1200 g/mol. The maximum absolute atomic E-state index is 17.4. The Morgan fingerprint density at radius 2 is 1.75 bits per heavy atom. The zero-order valence-electron chi connectivity index (χ0n) is 50.2. The number of fused-ring (bicyclic) bond motifs is 5. The molecule has 10 heterocycles. The Kier molecular flexibility index (Phi) is 16.0. The number of thiazole rings is 1. The van der Waals surface area contributed by atoms with Gasteiger partial charge in [0.2, 0.25) is 11.8 Å². The van der Waals surface area contributed by atoms with E-state index < -0.39 is 23.9 Å². The third-order valence-corrected chi connectivity index (χ3v) is 20.3. The second-order valence-corrected chi connectivity index (χ2v) is 26.2. The average Bonchev–Trinajstić information content (AvgIpc) is 1.47. The summed E-state index contributed by atoms with van der Waals surface area (Å²) in [5, 5.41) is 35.1. The molecule has 22 heteroatoms. The van der Waals surface area contributed by atoms with Crippen LogP contribution in [0, 0.1) is 18.7 Å². The number of phenolic OH excluding ortho intramolecular Hbond substituents is 1. The SMILES string of the molecule is CCc1cccc2cc(O)cc(-c3ncc4c(N5CC6CCC(C5)N6)nc(OC[C@]56CCCN5[C@H](COC(=O)N5CCN(c7cc([C@@H](C(=O)N8C[C@H](O)C[C@H]8C(=O)N[C@@H](C)c8ccc(-c9scnc9C)cc8)C(C)C)on7)C[C@H]5C)CC6)nc4c3F)c12. The minimum Gasteiger partial charge on any atom is -0.508 e. The maximum Gasteiger partial charge on any atom is 0.410 e. The molecule has 13 rings (SSSR count). The van der Waals surface area contributed by atoms with Crippen LogP contribution in [-0.2, 0) is 20.7 Å². The van der Waals surface area contributed by atoms with Crippen molar-refractivity contribution in [3.05, 3.63) is 101 Å². The van der Waals surface area contributed by atoms with Gasteiger partial charge in [0.05, 0.1) is 39.2 Å². The zero-order chi connectivity index (χ0) is 60.4. The van der Waals surface area contributed by atoms with Crippen molar-refractivity contribution < 1.29 is 43.0 Å². The summed E-state index contributed by atoms with van der Waals surface area (Å²) in [6, 6.07) is 18.2. The summed E-state index contributed by atoms with van der Waals surface area (Å²) in [5.41, 5.74) is 6.15. The summed E-state index contributed by atoms with van der Waals surface area (Å²) in [4.78, 5) is 72.4. The predicted octanol–water partition coefficient (Wildman–Crippen LogP) is 8.91. The van der Waals surface area contributed by atoms with E-state index in [0.717, 1.165) is 83.1 Å². The van der Waals surface area contributed by atoms with Gasteiger partial charge < -0.3 is 54.4 Å². The minimum atomic E-state index is -0.869. The standard InChI is InChI=1S/C65H77FN12O8S/c1-7-40-10-8-11-43-24-47(79)25-49(55(40)43)57-56(66)58-50(28-67-57)60(75-30-44-16-17-45(31-75)70-44)72-63(71-58)85-34-65-19-9-21-78(65)46(18-20-65)33-84-64(83)76-23-22-74(29-37(76)4)53-27-52(86-73-53)54(36(2)3)62(82)77-32-48(80)26-51(77)61(81)69-38(5)41-12-14-42(15-13-41)59-39(6)68-35-87-59/h8,10-15,24-25,27-28,35-38,44-46,48,51,54,70,79-80H,7,9,16-23,26,29-34H2,1-6H3,(H,69,81)/t37-,38+,44?,45?,46+,48-,51+,54+,65-/m1/s1. The lowest BCUT2D eigenvalue weighted by molar-refractivity contribution is -0.141. The lowest BCUT2D eigenvalue weighted by Crippen LogP contribution is -2.55. The number of piperazine rings is 2. The highest BCUT2D eigenvalue weighted by molar-refractivity contribution is 7.13. The number of carbonyl (C=O) groups is 3. The van der Waals surface area contributed by atoms with E-state index in [0.29, 0.717) is 79.6 Å². The molecule has 6 aliphatic rings. The molecular formula is C65H77FN12O8S. The third-order valence-electron chi connectivity index (χ3n) is 19.3. The number of nitrogens with one attached hydrogen (secondary N) is 2. The van der Waals surface area contributed by atoms with Crippen LogP contribution in [0.1, 0.15) is 114 Å². The Hall–Kier alpha value is -7.53. The number of halogens is 1. The summed E-state index contributed by atoms with van der Waals surface area (Å²) in [6.45, 7) is 15.8. The molecule has 20 nitrogen and oxygen atoms in total. The fourth-order valence-corrected chi connectivity index (χ4v) is 15.6. The van der Waals surface area contributed by atoms with E-state index in [2.05, 4.69) is 37.5 Å². The van der Waals surface area contributed by atoms with Gasteiger partial charge in [-0.05, 0) is 118 Å². The molecule has 87 heavy (non-hydrogen) atoms. The number of hydrogen-bond donors (Lipinski definition) is 4. The molecule has 4 aromatic heterocycles. The van der Waals surface area contributed by atoms with E-state index in [9.17, 15) is 24.6 Å². The molecule has 2 bridgehead atoms. The van der Waals surface area contributed by atoms with Crippen LogP contribution in [0.3, 0.4) is 0 Å². The number of likely N-dealkylation sites (tertiary alicyclic amines) is 1. The number of amides is 3. The van der Waals surface area contributed by atoms with E-state index in [-0.39, 0.29) is 96.6 Å².